The van der Waals surface area contributed by atoms with Crippen LogP contribution in [-0.2, 0) is 5.33 Å². The molecular formula is C10H9BrN2. The van der Waals surface area contributed by atoms with Gasteiger partial charge in [0.25, 0.3) is 0 Å². The SMILES string of the molecule is Nc1ccc2ccnc(CBr)c2c1. The van der Waals surface area contributed by atoms with Crippen LogP contribution in [-0.4, -0.2) is 4.98 Å². The van der Waals surface area contributed by atoms with Crippen molar-refractivity contribution < 1.29 is 0 Å². The molecule has 1 heterocycles. The van der Waals surface area contributed by atoms with Crippen molar-refractivity contribution in [3.05, 3.63) is 36.2 Å². The van der Waals surface area contributed by atoms with Gasteiger partial charge in [0.1, 0.15) is 0 Å². The minimum absolute atomic E-state index is 0.758. The molecule has 2 aromatic rings. The van der Waals surface area contributed by atoms with Crippen molar-refractivity contribution in [2.75, 3.05) is 5.73 Å². The van der Waals surface area contributed by atoms with Gasteiger partial charge in [-0.3, -0.25) is 4.98 Å². The topological polar surface area (TPSA) is 38.9 Å². The molecule has 1 aromatic heterocycles. The second kappa shape index (κ2) is 3.34. The number of aromatic nitrogens is 1. The highest BCUT2D eigenvalue weighted by Gasteiger charge is 2.00. The van der Waals surface area contributed by atoms with Gasteiger partial charge in [-0.25, -0.2) is 0 Å². The molecule has 2 rings (SSSR count). The molecule has 0 saturated heterocycles. The van der Waals surface area contributed by atoms with Crippen LogP contribution in [0.5, 0.6) is 0 Å². The maximum atomic E-state index is 5.70. The van der Waals surface area contributed by atoms with Crippen LogP contribution in [0.25, 0.3) is 10.8 Å². The van der Waals surface area contributed by atoms with Gasteiger partial charge in [0.05, 0.1) is 5.69 Å². The Balaban J connectivity index is 2.79. The molecule has 0 aliphatic carbocycles. The number of alkyl halides is 1. The van der Waals surface area contributed by atoms with Gasteiger partial charge >= 0.3 is 0 Å². The Morgan fingerprint density at radius 2 is 2.15 bits per heavy atom. The molecule has 0 amide bonds. The summed E-state index contributed by atoms with van der Waals surface area (Å²) in [7, 11) is 0. The lowest BCUT2D eigenvalue weighted by atomic mass is 10.1. The Morgan fingerprint density at radius 3 is 2.92 bits per heavy atom. The van der Waals surface area contributed by atoms with Gasteiger partial charge in [-0.05, 0) is 23.6 Å². The molecule has 0 unspecified atom stereocenters. The fourth-order valence-corrected chi connectivity index (χ4v) is 1.80. The summed E-state index contributed by atoms with van der Waals surface area (Å²) in [5, 5.41) is 3.06. The Hall–Kier alpha value is -1.09. The number of benzene rings is 1. The number of nitrogens with zero attached hydrogens (tertiary/aromatic N) is 1. The van der Waals surface area contributed by atoms with Crippen LogP contribution in [0.3, 0.4) is 0 Å². The quantitative estimate of drug-likeness (QED) is 0.611. The lowest BCUT2D eigenvalue weighted by molar-refractivity contribution is 1.22. The van der Waals surface area contributed by atoms with Gasteiger partial charge in [-0.2, -0.15) is 0 Å². The van der Waals surface area contributed by atoms with Crippen LogP contribution < -0.4 is 5.73 Å². The number of hydrogen-bond donors (Lipinski definition) is 1. The van der Waals surface area contributed by atoms with Crippen molar-refractivity contribution in [3.63, 3.8) is 0 Å². The first-order valence-corrected chi connectivity index (χ1v) is 5.12. The largest absolute Gasteiger partial charge is 0.399 e. The fourth-order valence-electron chi connectivity index (χ4n) is 1.35. The lowest BCUT2D eigenvalue weighted by Gasteiger charge is -2.02. The molecule has 2 nitrogen and oxygen atoms in total. The molecular weight excluding hydrogens is 228 g/mol. The molecule has 0 aliphatic heterocycles. The van der Waals surface area contributed by atoms with Gasteiger partial charge in [0.2, 0.25) is 0 Å². The number of nitrogens with two attached hydrogens (primary N) is 1. The summed E-state index contributed by atoms with van der Waals surface area (Å²) in [4.78, 5) is 4.26. The third-order valence-corrected chi connectivity index (χ3v) is 2.53. The highest BCUT2D eigenvalue weighted by atomic mass is 79.9. The number of hydrogen-bond acceptors (Lipinski definition) is 2. The number of halogens is 1. The van der Waals surface area contributed by atoms with E-state index in [1.54, 1.807) is 0 Å². The summed E-state index contributed by atoms with van der Waals surface area (Å²) in [5.41, 5.74) is 7.52. The normalized spacial score (nSPS) is 10.5. The second-order valence-corrected chi connectivity index (χ2v) is 3.43. The minimum Gasteiger partial charge on any atom is -0.399 e. The standard InChI is InChI=1S/C10H9BrN2/c11-6-10-9-5-8(12)2-1-7(9)3-4-13-10/h1-5H,6,12H2. The Kier molecular flexibility index (Phi) is 2.19. The molecule has 0 saturated carbocycles. The minimum atomic E-state index is 0.758. The summed E-state index contributed by atoms with van der Waals surface area (Å²) in [6.45, 7) is 0. The van der Waals surface area contributed by atoms with E-state index in [4.69, 9.17) is 5.73 Å². The summed E-state index contributed by atoms with van der Waals surface area (Å²) >= 11 is 3.40. The zero-order valence-corrected chi connectivity index (χ0v) is 8.58. The average Bonchev–Trinajstić information content (AvgIpc) is 2.17. The van der Waals surface area contributed by atoms with Gasteiger partial charge in [0.15, 0.2) is 0 Å². The van der Waals surface area contributed by atoms with E-state index in [9.17, 15) is 0 Å². The predicted molar refractivity (Wildman–Crippen MR) is 58.8 cm³/mol. The number of fused-ring (bicyclic) bond motifs is 1. The fraction of sp³-hybridized carbons (Fsp3) is 0.100. The Morgan fingerprint density at radius 1 is 1.31 bits per heavy atom. The van der Waals surface area contributed by atoms with Gasteiger partial charge in [-0.1, -0.05) is 22.0 Å². The predicted octanol–water partition coefficient (Wildman–Crippen LogP) is 2.71. The smallest absolute Gasteiger partial charge is 0.0588 e. The third-order valence-electron chi connectivity index (χ3n) is 2.00. The summed E-state index contributed by atoms with van der Waals surface area (Å²) < 4.78 is 0. The number of rotatable bonds is 1. The van der Waals surface area contributed by atoms with Crippen molar-refractivity contribution in [2.24, 2.45) is 0 Å². The van der Waals surface area contributed by atoms with Gasteiger partial charge in [0, 0.05) is 22.6 Å². The number of pyridine rings is 1. The van der Waals surface area contributed by atoms with Crippen LogP contribution >= 0.6 is 15.9 Å². The molecule has 0 atom stereocenters. The molecule has 3 heteroatoms. The van der Waals surface area contributed by atoms with E-state index in [-0.39, 0.29) is 0 Å². The Labute approximate surface area is 84.9 Å². The molecule has 66 valence electrons. The summed E-state index contributed by atoms with van der Waals surface area (Å²) in [6, 6.07) is 7.86. The zero-order valence-electron chi connectivity index (χ0n) is 7.00. The molecule has 0 bridgehead atoms. The van der Waals surface area contributed by atoms with E-state index in [1.807, 2.05) is 30.5 Å². The second-order valence-electron chi connectivity index (χ2n) is 2.87. The van der Waals surface area contributed by atoms with E-state index in [1.165, 1.54) is 5.39 Å². The molecule has 13 heavy (non-hydrogen) atoms. The Bertz CT molecular complexity index is 440. The van der Waals surface area contributed by atoms with Crippen molar-refractivity contribution in [1.29, 1.82) is 0 Å². The maximum Gasteiger partial charge on any atom is 0.0588 e. The number of nitrogen functional groups attached to an aromatic ring is 1. The lowest BCUT2D eigenvalue weighted by Crippen LogP contribution is -1.89. The van der Waals surface area contributed by atoms with E-state index >= 15 is 0 Å². The zero-order chi connectivity index (χ0) is 9.26. The molecule has 0 aliphatic rings. The molecule has 0 fully saturated rings. The van der Waals surface area contributed by atoms with E-state index in [2.05, 4.69) is 20.9 Å². The first kappa shape index (κ1) is 8.51. The first-order valence-electron chi connectivity index (χ1n) is 4.00. The highest BCUT2D eigenvalue weighted by molar-refractivity contribution is 9.08. The van der Waals surface area contributed by atoms with Gasteiger partial charge < -0.3 is 5.73 Å². The molecule has 0 spiro atoms. The molecule has 0 radical (unpaired) electrons. The van der Waals surface area contributed by atoms with Crippen LogP contribution in [0.1, 0.15) is 5.69 Å². The van der Waals surface area contributed by atoms with Crippen molar-refractivity contribution >= 4 is 32.4 Å². The summed E-state index contributed by atoms with van der Waals surface area (Å²) in [6.07, 6.45) is 1.81. The van der Waals surface area contributed by atoms with Crippen molar-refractivity contribution in [2.45, 2.75) is 5.33 Å². The van der Waals surface area contributed by atoms with Crippen LogP contribution in [0.4, 0.5) is 5.69 Å². The van der Waals surface area contributed by atoms with E-state index < -0.39 is 0 Å². The van der Waals surface area contributed by atoms with Crippen molar-refractivity contribution in [3.8, 4) is 0 Å². The van der Waals surface area contributed by atoms with Crippen LogP contribution in [0, 0.1) is 0 Å². The maximum absolute atomic E-state index is 5.70. The van der Waals surface area contributed by atoms with E-state index in [0.29, 0.717) is 0 Å². The average molecular weight is 237 g/mol. The highest BCUT2D eigenvalue weighted by Crippen LogP contribution is 2.21. The molecule has 2 N–H and O–H groups in total. The molecule has 1 aromatic carbocycles. The van der Waals surface area contributed by atoms with Crippen molar-refractivity contribution in [1.82, 2.24) is 4.98 Å². The first-order chi connectivity index (χ1) is 6.31. The van der Waals surface area contributed by atoms with Crippen LogP contribution in [0.2, 0.25) is 0 Å². The van der Waals surface area contributed by atoms with Crippen LogP contribution in [0.15, 0.2) is 30.5 Å². The van der Waals surface area contributed by atoms with E-state index in [0.717, 1.165) is 22.1 Å². The van der Waals surface area contributed by atoms with Gasteiger partial charge in [-0.15, -0.1) is 0 Å². The number of anilines is 1. The monoisotopic (exact) mass is 236 g/mol. The summed E-state index contributed by atoms with van der Waals surface area (Å²) in [5.74, 6) is 0. The third kappa shape index (κ3) is 1.52.